The molecule has 6 nitrogen and oxygen atoms in total. The molecule has 23 heavy (non-hydrogen) atoms. The normalized spacial score (nSPS) is 10.3. The molecule has 0 atom stereocenters. The molecule has 122 valence electrons. The fraction of sp³-hybridized carbons (Fsp3) is 0.294. The molecule has 6 heteroatoms. The second kappa shape index (κ2) is 8.14. The Bertz CT molecular complexity index is 634. The standard InChI is InChI=1S/C17H19NO5/c1-21-11-9-18(12-15-4-3-10-23-15)16(19)13-5-7-14(8-6-13)17(20)22-2/h3-8,10H,9,11-12H2,1-2H3. The molecular formula is C17H19NO5. The number of ether oxygens (including phenoxy) is 2. The summed E-state index contributed by atoms with van der Waals surface area (Å²) in [6.07, 6.45) is 1.57. The molecule has 0 aliphatic rings. The van der Waals surface area contributed by atoms with Gasteiger partial charge in [-0.15, -0.1) is 0 Å². The number of esters is 1. The van der Waals surface area contributed by atoms with Crippen molar-refractivity contribution in [1.29, 1.82) is 0 Å². The van der Waals surface area contributed by atoms with Gasteiger partial charge in [-0.1, -0.05) is 0 Å². The summed E-state index contributed by atoms with van der Waals surface area (Å²) >= 11 is 0. The van der Waals surface area contributed by atoms with Gasteiger partial charge >= 0.3 is 5.97 Å². The molecule has 0 fully saturated rings. The van der Waals surface area contributed by atoms with Gasteiger partial charge in [0.05, 0.1) is 32.1 Å². The van der Waals surface area contributed by atoms with E-state index in [0.29, 0.717) is 36.6 Å². The van der Waals surface area contributed by atoms with Crippen LogP contribution in [0.3, 0.4) is 0 Å². The third kappa shape index (κ3) is 4.43. The first-order chi connectivity index (χ1) is 11.2. The fourth-order valence-electron chi connectivity index (χ4n) is 2.09. The van der Waals surface area contributed by atoms with Gasteiger partial charge in [0.1, 0.15) is 5.76 Å². The van der Waals surface area contributed by atoms with Crippen molar-refractivity contribution in [1.82, 2.24) is 4.90 Å². The summed E-state index contributed by atoms with van der Waals surface area (Å²) in [5.41, 5.74) is 0.888. The molecule has 1 aromatic heterocycles. The second-order valence-corrected chi connectivity index (χ2v) is 4.87. The van der Waals surface area contributed by atoms with Crippen molar-refractivity contribution < 1.29 is 23.5 Å². The number of methoxy groups -OCH3 is 2. The number of carbonyl (C=O) groups excluding carboxylic acids is 2. The molecule has 0 aliphatic heterocycles. The van der Waals surface area contributed by atoms with E-state index >= 15 is 0 Å². The van der Waals surface area contributed by atoms with Crippen molar-refractivity contribution in [3.05, 3.63) is 59.5 Å². The predicted octanol–water partition coefficient (Wildman–Crippen LogP) is 2.36. The Morgan fingerprint density at radius 2 is 1.78 bits per heavy atom. The van der Waals surface area contributed by atoms with Gasteiger partial charge in [0, 0.05) is 19.2 Å². The second-order valence-electron chi connectivity index (χ2n) is 4.87. The van der Waals surface area contributed by atoms with E-state index in [0.717, 1.165) is 0 Å². The number of amides is 1. The van der Waals surface area contributed by atoms with Crippen molar-refractivity contribution >= 4 is 11.9 Å². The van der Waals surface area contributed by atoms with Gasteiger partial charge in [-0.25, -0.2) is 4.79 Å². The third-order valence-electron chi connectivity index (χ3n) is 3.33. The van der Waals surface area contributed by atoms with Crippen LogP contribution in [0, 0.1) is 0 Å². The maximum atomic E-state index is 12.6. The molecule has 1 heterocycles. The molecule has 1 aromatic carbocycles. The lowest BCUT2D eigenvalue weighted by atomic mass is 10.1. The van der Waals surface area contributed by atoms with Gasteiger partial charge in [-0.3, -0.25) is 4.79 Å². The number of carbonyl (C=O) groups is 2. The first-order valence-electron chi connectivity index (χ1n) is 7.14. The fourth-order valence-corrected chi connectivity index (χ4v) is 2.09. The smallest absolute Gasteiger partial charge is 0.337 e. The van der Waals surface area contributed by atoms with E-state index in [1.807, 2.05) is 6.07 Å². The van der Waals surface area contributed by atoms with Gasteiger partial charge in [0.2, 0.25) is 0 Å². The van der Waals surface area contributed by atoms with Gasteiger partial charge in [-0.05, 0) is 36.4 Å². The van der Waals surface area contributed by atoms with Gasteiger partial charge in [0.25, 0.3) is 5.91 Å². The number of furan rings is 1. The van der Waals surface area contributed by atoms with Crippen LogP contribution in [0.5, 0.6) is 0 Å². The van der Waals surface area contributed by atoms with E-state index < -0.39 is 5.97 Å². The number of benzene rings is 1. The van der Waals surface area contributed by atoms with Crippen LogP contribution >= 0.6 is 0 Å². The highest BCUT2D eigenvalue weighted by molar-refractivity contribution is 5.96. The largest absolute Gasteiger partial charge is 0.467 e. The number of rotatable bonds is 7. The van der Waals surface area contributed by atoms with Crippen LogP contribution in [0.2, 0.25) is 0 Å². The summed E-state index contributed by atoms with van der Waals surface area (Å²) in [6.45, 7) is 1.22. The minimum absolute atomic E-state index is 0.158. The minimum atomic E-state index is -0.434. The van der Waals surface area contributed by atoms with Crippen LogP contribution in [0.25, 0.3) is 0 Å². The summed E-state index contributed by atoms with van der Waals surface area (Å²) in [5.74, 6) is 0.103. The Morgan fingerprint density at radius 1 is 1.09 bits per heavy atom. The van der Waals surface area contributed by atoms with Crippen LogP contribution in [0.15, 0.2) is 47.1 Å². The van der Waals surface area contributed by atoms with E-state index in [2.05, 4.69) is 4.74 Å². The van der Waals surface area contributed by atoms with E-state index in [1.54, 1.807) is 48.6 Å². The Morgan fingerprint density at radius 3 is 2.35 bits per heavy atom. The van der Waals surface area contributed by atoms with Crippen LogP contribution in [-0.4, -0.2) is 44.1 Å². The molecule has 2 aromatic rings. The molecule has 0 aliphatic carbocycles. The van der Waals surface area contributed by atoms with Gasteiger partial charge in [-0.2, -0.15) is 0 Å². The van der Waals surface area contributed by atoms with Crippen molar-refractivity contribution in [3.8, 4) is 0 Å². The van der Waals surface area contributed by atoms with Crippen molar-refractivity contribution in [2.24, 2.45) is 0 Å². The molecule has 0 spiro atoms. The average Bonchev–Trinajstić information content (AvgIpc) is 3.10. The monoisotopic (exact) mass is 317 g/mol. The molecule has 0 unspecified atom stereocenters. The topological polar surface area (TPSA) is 69.0 Å². The van der Waals surface area contributed by atoms with Gasteiger partial charge < -0.3 is 18.8 Å². The first kappa shape index (κ1) is 16.8. The maximum absolute atomic E-state index is 12.6. The summed E-state index contributed by atoms with van der Waals surface area (Å²) in [6, 6.07) is 9.95. The molecule has 0 bridgehead atoms. The lowest BCUT2D eigenvalue weighted by Crippen LogP contribution is -2.33. The SMILES string of the molecule is COCCN(Cc1ccco1)C(=O)c1ccc(C(=O)OC)cc1. The van der Waals surface area contributed by atoms with Crippen molar-refractivity contribution in [2.75, 3.05) is 27.4 Å². The molecule has 0 saturated carbocycles. The quantitative estimate of drug-likeness (QED) is 0.733. The highest BCUT2D eigenvalue weighted by Gasteiger charge is 2.17. The van der Waals surface area contributed by atoms with Crippen molar-refractivity contribution in [3.63, 3.8) is 0 Å². The zero-order valence-electron chi connectivity index (χ0n) is 13.2. The Hall–Kier alpha value is -2.60. The molecule has 2 rings (SSSR count). The lowest BCUT2D eigenvalue weighted by molar-refractivity contribution is 0.0599. The Kier molecular flexibility index (Phi) is 5.94. The van der Waals surface area contributed by atoms with Crippen LogP contribution in [0.4, 0.5) is 0 Å². The Labute approximate surface area is 134 Å². The zero-order valence-corrected chi connectivity index (χ0v) is 13.2. The lowest BCUT2D eigenvalue weighted by Gasteiger charge is -2.21. The van der Waals surface area contributed by atoms with E-state index in [9.17, 15) is 9.59 Å². The van der Waals surface area contributed by atoms with Crippen molar-refractivity contribution in [2.45, 2.75) is 6.54 Å². The summed E-state index contributed by atoms with van der Waals surface area (Å²) in [5, 5.41) is 0. The maximum Gasteiger partial charge on any atom is 0.337 e. The summed E-state index contributed by atoms with van der Waals surface area (Å²) < 4.78 is 15.0. The summed E-state index contributed by atoms with van der Waals surface area (Å²) in [4.78, 5) is 25.7. The van der Waals surface area contributed by atoms with Crippen LogP contribution in [-0.2, 0) is 16.0 Å². The molecular weight excluding hydrogens is 298 g/mol. The minimum Gasteiger partial charge on any atom is -0.467 e. The van der Waals surface area contributed by atoms with E-state index in [-0.39, 0.29) is 5.91 Å². The Balaban J connectivity index is 2.13. The molecule has 1 amide bonds. The molecule has 0 saturated heterocycles. The van der Waals surface area contributed by atoms with Crippen LogP contribution < -0.4 is 0 Å². The third-order valence-corrected chi connectivity index (χ3v) is 3.33. The number of hydrogen-bond acceptors (Lipinski definition) is 5. The number of hydrogen-bond donors (Lipinski definition) is 0. The van der Waals surface area contributed by atoms with Crippen LogP contribution in [0.1, 0.15) is 26.5 Å². The molecule has 0 radical (unpaired) electrons. The highest BCUT2D eigenvalue weighted by atomic mass is 16.5. The zero-order chi connectivity index (χ0) is 16.7. The predicted molar refractivity (Wildman–Crippen MR) is 83.1 cm³/mol. The van der Waals surface area contributed by atoms with E-state index in [1.165, 1.54) is 7.11 Å². The average molecular weight is 317 g/mol. The van der Waals surface area contributed by atoms with E-state index in [4.69, 9.17) is 9.15 Å². The first-order valence-corrected chi connectivity index (χ1v) is 7.14. The summed E-state index contributed by atoms with van der Waals surface area (Å²) in [7, 11) is 2.90. The van der Waals surface area contributed by atoms with Gasteiger partial charge in [0.15, 0.2) is 0 Å². The highest BCUT2D eigenvalue weighted by Crippen LogP contribution is 2.12. The number of nitrogens with zero attached hydrogens (tertiary/aromatic N) is 1. The molecule has 0 N–H and O–H groups in total.